The van der Waals surface area contributed by atoms with E-state index in [2.05, 4.69) is 25.9 Å². The molecule has 0 saturated carbocycles. The Labute approximate surface area is 174 Å². The number of fused-ring (bicyclic) bond motifs is 1. The number of rotatable bonds is 4. The highest BCUT2D eigenvalue weighted by molar-refractivity contribution is 5.90. The lowest BCUT2D eigenvalue weighted by Gasteiger charge is -2.38. The molecule has 0 aliphatic carbocycles. The van der Waals surface area contributed by atoms with Gasteiger partial charge >= 0.3 is 0 Å². The summed E-state index contributed by atoms with van der Waals surface area (Å²) in [4.78, 5) is 9.16. The van der Waals surface area contributed by atoms with E-state index >= 15 is 0 Å². The molecule has 0 spiro atoms. The second-order valence-corrected chi connectivity index (χ2v) is 7.22. The molecule has 0 unspecified atom stereocenters. The number of para-hydroxylation sites is 3. The highest BCUT2D eigenvalue weighted by Gasteiger charge is 2.22. The van der Waals surface area contributed by atoms with Crippen LogP contribution in [0.4, 0.5) is 15.8 Å². The minimum atomic E-state index is -0.319. The maximum absolute atomic E-state index is 14.3. The molecule has 1 aliphatic heterocycles. The van der Waals surface area contributed by atoms with Gasteiger partial charge in [-0.25, -0.2) is 14.1 Å². The van der Waals surface area contributed by atoms with E-state index in [9.17, 15) is 4.39 Å². The number of pyridine rings is 1. The average molecular weight is 403 g/mol. The Morgan fingerprint density at radius 3 is 2.23 bits per heavy atom. The van der Waals surface area contributed by atoms with Crippen molar-refractivity contribution in [2.75, 3.05) is 43.1 Å². The first-order valence-corrected chi connectivity index (χ1v) is 9.97. The summed E-state index contributed by atoms with van der Waals surface area (Å²) in [5.41, 5.74) is 3.25. The molecule has 0 radical (unpaired) electrons. The summed E-state index contributed by atoms with van der Waals surface area (Å²) in [6.07, 6.45) is 3.54. The molecule has 2 aromatic heterocycles. The van der Waals surface area contributed by atoms with E-state index in [1.807, 2.05) is 24.3 Å². The number of ether oxygens (including phenoxy) is 1. The smallest absolute Gasteiger partial charge is 0.165 e. The Bertz CT molecular complexity index is 1180. The molecule has 0 atom stereocenters. The molecular formula is C23H22FN5O. The van der Waals surface area contributed by atoms with Gasteiger partial charge in [-0.05, 0) is 30.3 Å². The van der Waals surface area contributed by atoms with Gasteiger partial charge in [0.1, 0.15) is 17.3 Å². The SMILES string of the molecule is COc1ccccc1N1CCN(c2ccnc3c2cnn3-c2ccccc2F)CC1. The van der Waals surface area contributed by atoms with Crippen LogP contribution in [0.1, 0.15) is 0 Å². The molecule has 1 aliphatic rings. The summed E-state index contributed by atoms with van der Waals surface area (Å²) in [6, 6.07) is 16.7. The highest BCUT2D eigenvalue weighted by Crippen LogP contribution is 2.31. The molecule has 3 heterocycles. The zero-order chi connectivity index (χ0) is 20.5. The lowest BCUT2D eigenvalue weighted by molar-refractivity contribution is 0.413. The van der Waals surface area contributed by atoms with Gasteiger partial charge in [-0.3, -0.25) is 0 Å². The first-order chi connectivity index (χ1) is 14.8. The zero-order valence-corrected chi connectivity index (χ0v) is 16.7. The van der Waals surface area contributed by atoms with Gasteiger partial charge in [-0.1, -0.05) is 24.3 Å². The average Bonchev–Trinajstić information content (AvgIpc) is 3.23. The van der Waals surface area contributed by atoms with Crippen molar-refractivity contribution < 1.29 is 9.13 Å². The summed E-state index contributed by atoms with van der Waals surface area (Å²) in [5, 5.41) is 5.35. The van der Waals surface area contributed by atoms with Crippen LogP contribution in [-0.4, -0.2) is 48.1 Å². The fraction of sp³-hybridized carbons (Fsp3) is 0.217. The molecule has 152 valence electrons. The molecule has 7 heteroatoms. The minimum Gasteiger partial charge on any atom is -0.495 e. The number of halogens is 1. The Morgan fingerprint density at radius 2 is 1.50 bits per heavy atom. The van der Waals surface area contributed by atoms with Gasteiger partial charge in [0.05, 0.1) is 30.1 Å². The van der Waals surface area contributed by atoms with Crippen LogP contribution in [0.25, 0.3) is 16.7 Å². The van der Waals surface area contributed by atoms with Crippen molar-refractivity contribution in [1.82, 2.24) is 14.8 Å². The van der Waals surface area contributed by atoms with Gasteiger partial charge in [0, 0.05) is 32.4 Å². The number of hydrogen-bond acceptors (Lipinski definition) is 5. The van der Waals surface area contributed by atoms with Crippen molar-refractivity contribution >= 4 is 22.4 Å². The molecule has 0 amide bonds. The summed E-state index contributed by atoms with van der Waals surface area (Å²) >= 11 is 0. The second-order valence-electron chi connectivity index (χ2n) is 7.22. The molecule has 6 nitrogen and oxygen atoms in total. The number of piperazine rings is 1. The van der Waals surface area contributed by atoms with Crippen molar-refractivity contribution in [2.45, 2.75) is 0 Å². The summed E-state index contributed by atoms with van der Waals surface area (Å²) in [5.74, 6) is 0.573. The van der Waals surface area contributed by atoms with Crippen LogP contribution in [-0.2, 0) is 0 Å². The monoisotopic (exact) mass is 403 g/mol. The number of benzene rings is 2. The van der Waals surface area contributed by atoms with E-state index < -0.39 is 0 Å². The van der Waals surface area contributed by atoms with E-state index in [1.165, 1.54) is 6.07 Å². The van der Waals surface area contributed by atoms with Gasteiger partial charge in [0.15, 0.2) is 5.65 Å². The molecule has 0 N–H and O–H groups in total. The fourth-order valence-corrected chi connectivity index (χ4v) is 4.07. The van der Waals surface area contributed by atoms with Crippen LogP contribution in [0.3, 0.4) is 0 Å². The topological polar surface area (TPSA) is 46.4 Å². The summed E-state index contributed by atoms with van der Waals surface area (Å²) in [6.45, 7) is 3.49. The summed E-state index contributed by atoms with van der Waals surface area (Å²) in [7, 11) is 1.70. The molecule has 30 heavy (non-hydrogen) atoms. The van der Waals surface area contributed by atoms with Crippen LogP contribution in [0.15, 0.2) is 67.0 Å². The van der Waals surface area contributed by atoms with Crippen LogP contribution in [0.2, 0.25) is 0 Å². The lowest BCUT2D eigenvalue weighted by atomic mass is 10.2. The predicted molar refractivity (Wildman–Crippen MR) is 116 cm³/mol. The van der Waals surface area contributed by atoms with E-state index in [0.29, 0.717) is 11.3 Å². The predicted octanol–water partition coefficient (Wildman–Crippen LogP) is 3.89. The molecule has 1 saturated heterocycles. The Hall–Kier alpha value is -3.61. The van der Waals surface area contributed by atoms with Crippen molar-refractivity contribution in [3.8, 4) is 11.4 Å². The maximum atomic E-state index is 14.3. The van der Waals surface area contributed by atoms with Crippen LogP contribution >= 0.6 is 0 Å². The Kier molecular flexibility index (Phi) is 4.71. The van der Waals surface area contributed by atoms with Gasteiger partial charge < -0.3 is 14.5 Å². The van der Waals surface area contributed by atoms with Crippen LogP contribution in [0.5, 0.6) is 5.75 Å². The van der Waals surface area contributed by atoms with Crippen molar-refractivity contribution in [2.24, 2.45) is 0 Å². The number of nitrogens with zero attached hydrogens (tertiary/aromatic N) is 5. The molecule has 4 aromatic rings. The molecular weight excluding hydrogens is 381 g/mol. The second kappa shape index (κ2) is 7.67. The van der Waals surface area contributed by atoms with E-state index in [1.54, 1.807) is 42.4 Å². The number of aromatic nitrogens is 3. The first kappa shape index (κ1) is 18.4. The first-order valence-electron chi connectivity index (χ1n) is 9.97. The summed E-state index contributed by atoms with van der Waals surface area (Å²) < 4.78 is 21.4. The van der Waals surface area contributed by atoms with Crippen molar-refractivity contribution in [1.29, 1.82) is 0 Å². The third-order valence-electron chi connectivity index (χ3n) is 5.58. The number of methoxy groups -OCH3 is 1. The standard InChI is InChI=1S/C23H22FN5O/c1-30-22-9-5-4-8-21(22)28-14-12-27(13-15-28)19-10-11-25-23-17(19)16-26-29(23)20-7-3-2-6-18(20)24/h2-11,16H,12-15H2,1H3. The Balaban J connectivity index is 1.42. The van der Waals surface area contributed by atoms with E-state index in [0.717, 1.165) is 48.7 Å². The third-order valence-corrected chi connectivity index (χ3v) is 5.58. The Morgan fingerprint density at radius 1 is 0.833 bits per heavy atom. The van der Waals surface area contributed by atoms with Crippen LogP contribution in [0, 0.1) is 5.82 Å². The zero-order valence-electron chi connectivity index (χ0n) is 16.7. The van der Waals surface area contributed by atoms with Crippen molar-refractivity contribution in [3.05, 3.63) is 72.8 Å². The van der Waals surface area contributed by atoms with Gasteiger partial charge in [0.2, 0.25) is 0 Å². The van der Waals surface area contributed by atoms with Crippen LogP contribution < -0.4 is 14.5 Å². The van der Waals surface area contributed by atoms with E-state index in [-0.39, 0.29) is 5.82 Å². The van der Waals surface area contributed by atoms with E-state index in [4.69, 9.17) is 4.74 Å². The minimum absolute atomic E-state index is 0.319. The normalized spacial score (nSPS) is 14.3. The number of hydrogen-bond donors (Lipinski definition) is 0. The highest BCUT2D eigenvalue weighted by atomic mass is 19.1. The maximum Gasteiger partial charge on any atom is 0.165 e. The third kappa shape index (κ3) is 3.12. The van der Waals surface area contributed by atoms with Gasteiger partial charge in [-0.15, -0.1) is 0 Å². The lowest BCUT2D eigenvalue weighted by Crippen LogP contribution is -2.46. The molecule has 2 aromatic carbocycles. The fourth-order valence-electron chi connectivity index (χ4n) is 4.07. The van der Waals surface area contributed by atoms with Gasteiger partial charge in [-0.2, -0.15) is 5.10 Å². The number of anilines is 2. The molecule has 5 rings (SSSR count). The molecule has 0 bridgehead atoms. The molecule has 1 fully saturated rings. The van der Waals surface area contributed by atoms with Gasteiger partial charge in [0.25, 0.3) is 0 Å². The van der Waals surface area contributed by atoms with Crippen molar-refractivity contribution in [3.63, 3.8) is 0 Å². The quantitative estimate of drug-likeness (QED) is 0.517. The largest absolute Gasteiger partial charge is 0.495 e.